The van der Waals surface area contributed by atoms with Crippen molar-refractivity contribution in [3.05, 3.63) is 30.3 Å². The Bertz CT molecular complexity index is 278. The van der Waals surface area contributed by atoms with E-state index in [-0.39, 0.29) is 5.91 Å². The van der Waals surface area contributed by atoms with E-state index in [2.05, 4.69) is 17.4 Å². The van der Waals surface area contributed by atoms with Gasteiger partial charge in [-0.05, 0) is 12.1 Å². The maximum Gasteiger partial charge on any atom is 0.223 e. The lowest BCUT2D eigenvalue weighted by Crippen LogP contribution is -2.46. The van der Waals surface area contributed by atoms with Crippen molar-refractivity contribution >= 4 is 17.7 Å². The molecule has 0 bridgehead atoms. The number of carbonyl (C=O) groups is 1. The molecule has 0 aromatic heterocycles. The minimum absolute atomic E-state index is 0.156. The summed E-state index contributed by atoms with van der Waals surface area (Å²) in [5.41, 5.74) is 0. The molecule has 12 heavy (non-hydrogen) atoms. The Hall–Kier alpha value is -0.960. The number of hydrogen-bond acceptors (Lipinski definition) is 2. The first kappa shape index (κ1) is 7.68. The Morgan fingerprint density at radius 2 is 2.00 bits per heavy atom. The largest absolute Gasteiger partial charge is 0.343 e. The van der Waals surface area contributed by atoms with Crippen molar-refractivity contribution in [1.29, 1.82) is 0 Å². The molecular weight excluding hydrogens is 170 g/mol. The average Bonchev–Trinajstić information content (AvgIpc) is 2.04. The predicted molar refractivity (Wildman–Crippen MR) is 48.8 cm³/mol. The van der Waals surface area contributed by atoms with E-state index >= 15 is 0 Å². The lowest BCUT2D eigenvalue weighted by atomic mass is 10.3. The van der Waals surface area contributed by atoms with Gasteiger partial charge in [-0.1, -0.05) is 18.2 Å². The molecule has 1 N–H and O–H groups in total. The van der Waals surface area contributed by atoms with Gasteiger partial charge in [0.1, 0.15) is 0 Å². The molecule has 0 unspecified atom stereocenters. The van der Waals surface area contributed by atoms with Crippen molar-refractivity contribution in [3.63, 3.8) is 0 Å². The Labute approximate surface area is 75.4 Å². The molecule has 0 aliphatic carbocycles. The molecule has 0 spiro atoms. The van der Waals surface area contributed by atoms with Gasteiger partial charge in [-0.25, -0.2) is 0 Å². The first-order chi connectivity index (χ1) is 5.84. The second-order valence-electron chi connectivity index (χ2n) is 2.69. The van der Waals surface area contributed by atoms with E-state index in [4.69, 9.17) is 0 Å². The number of nitrogens with one attached hydrogen (secondary N) is 1. The van der Waals surface area contributed by atoms with E-state index < -0.39 is 0 Å². The summed E-state index contributed by atoms with van der Waals surface area (Å²) in [5.74, 6) is 0.156. The molecule has 1 fully saturated rings. The van der Waals surface area contributed by atoms with Crippen LogP contribution in [0.5, 0.6) is 0 Å². The topological polar surface area (TPSA) is 29.1 Å². The molecule has 1 heterocycles. The van der Waals surface area contributed by atoms with Crippen molar-refractivity contribution in [2.24, 2.45) is 0 Å². The molecule has 0 radical (unpaired) electrons. The number of amides is 1. The van der Waals surface area contributed by atoms with Crippen LogP contribution in [-0.2, 0) is 4.79 Å². The Balaban J connectivity index is 1.92. The van der Waals surface area contributed by atoms with Crippen LogP contribution in [-0.4, -0.2) is 11.3 Å². The maximum atomic E-state index is 10.6. The number of thioether (sulfide) groups is 1. The van der Waals surface area contributed by atoms with Crippen LogP contribution in [0.3, 0.4) is 0 Å². The fourth-order valence-corrected chi connectivity index (χ4v) is 2.13. The number of carbonyl (C=O) groups excluding carboxylic acids is 1. The molecule has 62 valence electrons. The fourth-order valence-electron chi connectivity index (χ4n) is 1.06. The second-order valence-corrected chi connectivity index (χ2v) is 3.97. The lowest BCUT2D eigenvalue weighted by molar-refractivity contribution is -0.126. The Morgan fingerprint density at radius 1 is 1.33 bits per heavy atom. The van der Waals surface area contributed by atoms with Crippen LogP contribution in [0.1, 0.15) is 6.42 Å². The molecule has 1 atom stereocenters. The van der Waals surface area contributed by atoms with Crippen molar-refractivity contribution < 1.29 is 4.79 Å². The molecule has 1 saturated heterocycles. The molecule has 1 aromatic carbocycles. The van der Waals surface area contributed by atoms with E-state index in [1.807, 2.05) is 18.2 Å². The predicted octanol–water partition coefficient (Wildman–Crippen LogP) is 1.62. The zero-order chi connectivity index (χ0) is 8.39. The van der Waals surface area contributed by atoms with Crippen LogP contribution in [0.25, 0.3) is 0 Å². The zero-order valence-corrected chi connectivity index (χ0v) is 7.30. The summed E-state index contributed by atoms with van der Waals surface area (Å²) < 4.78 is 0. The number of rotatable bonds is 2. The summed E-state index contributed by atoms with van der Waals surface area (Å²) in [6.07, 6.45) is 0.652. The Morgan fingerprint density at radius 3 is 2.58 bits per heavy atom. The van der Waals surface area contributed by atoms with Gasteiger partial charge in [0, 0.05) is 4.90 Å². The van der Waals surface area contributed by atoms with Crippen molar-refractivity contribution in [1.82, 2.24) is 5.32 Å². The van der Waals surface area contributed by atoms with Gasteiger partial charge < -0.3 is 5.32 Å². The maximum absolute atomic E-state index is 10.6. The van der Waals surface area contributed by atoms with Crippen LogP contribution >= 0.6 is 11.8 Å². The van der Waals surface area contributed by atoms with E-state index in [0.29, 0.717) is 11.8 Å². The molecule has 3 heteroatoms. The molecular formula is C9H9NOS. The Kier molecular flexibility index (Phi) is 2.04. The van der Waals surface area contributed by atoms with Crippen molar-refractivity contribution in [2.45, 2.75) is 16.7 Å². The van der Waals surface area contributed by atoms with Gasteiger partial charge >= 0.3 is 0 Å². The normalized spacial score (nSPS) is 21.3. The second kappa shape index (κ2) is 3.19. The van der Waals surface area contributed by atoms with E-state index in [1.165, 1.54) is 4.90 Å². The number of β-lactam (4-membered cyclic amide) rings is 1. The highest BCUT2D eigenvalue weighted by Crippen LogP contribution is 2.26. The van der Waals surface area contributed by atoms with Crippen LogP contribution < -0.4 is 5.32 Å². The average molecular weight is 179 g/mol. The highest BCUT2D eigenvalue weighted by atomic mass is 32.2. The number of hydrogen-bond donors (Lipinski definition) is 1. The minimum atomic E-state index is 0.156. The smallest absolute Gasteiger partial charge is 0.223 e. The molecule has 1 aromatic rings. The van der Waals surface area contributed by atoms with Gasteiger partial charge in [0.2, 0.25) is 5.91 Å². The van der Waals surface area contributed by atoms with E-state index in [9.17, 15) is 4.79 Å². The monoisotopic (exact) mass is 179 g/mol. The zero-order valence-electron chi connectivity index (χ0n) is 6.49. The highest BCUT2D eigenvalue weighted by Gasteiger charge is 2.25. The number of benzene rings is 1. The summed E-state index contributed by atoms with van der Waals surface area (Å²) in [4.78, 5) is 11.8. The molecule has 2 nitrogen and oxygen atoms in total. The molecule has 1 amide bonds. The van der Waals surface area contributed by atoms with E-state index in [1.54, 1.807) is 11.8 Å². The van der Waals surface area contributed by atoms with Crippen LogP contribution in [0.4, 0.5) is 0 Å². The van der Waals surface area contributed by atoms with Crippen LogP contribution in [0, 0.1) is 0 Å². The first-order valence-corrected chi connectivity index (χ1v) is 4.73. The van der Waals surface area contributed by atoms with Gasteiger partial charge in [-0.3, -0.25) is 4.79 Å². The van der Waals surface area contributed by atoms with Gasteiger partial charge in [-0.15, -0.1) is 11.8 Å². The summed E-state index contributed by atoms with van der Waals surface area (Å²) >= 11 is 1.70. The molecule has 2 rings (SSSR count). The van der Waals surface area contributed by atoms with Crippen LogP contribution in [0.15, 0.2) is 35.2 Å². The molecule has 1 aliphatic heterocycles. The third-order valence-corrected chi connectivity index (χ3v) is 2.83. The molecule has 1 aliphatic rings. The third kappa shape index (κ3) is 1.61. The van der Waals surface area contributed by atoms with Gasteiger partial charge in [-0.2, -0.15) is 0 Å². The van der Waals surface area contributed by atoms with Gasteiger partial charge in [0.05, 0.1) is 11.8 Å². The SMILES string of the molecule is O=C1C[C@H](Sc2ccccc2)N1. The van der Waals surface area contributed by atoms with Crippen molar-refractivity contribution in [2.75, 3.05) is 0 Å². The van der Waals surface area contributed by atoms with E-state index in [0.717, 1.165) is 0 Å². The summed E-state index contributed by atoms with van der Waals surface area (Å²) in [6, 6.07) is 10.1. The third-order valence-electron chi connectivity index (χ3n) is 1.71. The standard InChI is InChI=1S/C9H9NOS/c11-8-6-9(10-8)12-7-4-2-1-3-5-7/h1-5,9H,6H2,(H,10,11)/t9-/m0/s1. The van der Waals surface area contributed by atoms with Crippen LogP contribution in [0.2, 0.25) is 0 Å². The quantitative estimate of drug-likeness (QED) is 0.699. The summed E-state index contributed by atoms with van der Waals surface area (Å²) in [7, 11) is 0. The van der Waals surface area contributed by atoms with Crippen molar-refractivity contribution in [3.8, 4) is 0 Å². The summed E-state index contributed by atoms with van der Waals surface area (Å²) in [6.45, 7) is 0. The van der Waals surface area contributed by atoms with Gasteiger partial charge in [0.15, 0.2) is 0 Å². The van der Waals surface area contributed by atoms with Gasteiger partial charge in [0.25, 0.3) is 0 Å². The first-order valence-electron chi connectivity index (χ1n) is 3.86. The minimum Gasteiger partial charge on any atom is -0.343 e. The summed E-state index contributed by atoms with van der Waals surface area (Å²) in [5, 5.41) is 3.11. The lowest BCUT2D eigenvalue weighted by Gasteiger charge is -2.25. The highest BCUT2D eigenvalue weighted by molar-refractivity contribution is 8.00. The molecule has 0 saturated carbocycles. The fraction of sp³-hybridized carbons (Fsp3) is 0.222.